The van der Waals surface area contributed by atoms with Gasteiger partial charge in [0.2, 0.25) is 5.91 Å². The highest BCUT2D eigenvalue weighted by molar-refractivity contribution is 5.82. The molecule has 0 spiro atoms. The largest absolute Gasteiger partial charge is 0.333 e. The Balaban J connectivity index is 1.96. The standard InChI is InChI=1S/C24H27N3O2/c1-5-26(23(28)18-11-12-18)17(4)22-25-20-9-7-6-8-19(20)24(29)27(22)21-13-10-15(2)14-16(21)3/h6-10,13-14,17-18H,5,11-12H2,1-4H3. The molecule has 29 heavy (non-hydrogen) atoms. The van der Waals surface area contributed by atoms with Gasteiger partial charge in [-0.25, -0.2) is 4.98 Å². The Hall–Kier alpha value is -2.95. The second kappa shape index (κ2) is 7.47. The van der Waals surface area contributed by atoms with Gasteiger partial charge in [-0.15, -0.1) is 0 Å². The van der Waals surface area contributed by atoms with E-state index >= 15 is 0 Å². The average molecular weight is 389 g/mol. The van der Waals surface area contributed by atoms with Gasteiger partial charge in [-0.1, -0.05) is 29.8 Å². The molecule has 3 aromatic rings. The van der Waals surface area contributed by atoms with Gasteiger partial charge < -0.3 is 4.90 Å². The highest BCUT2D eigenvalue weighted by atomic mass is 16.2. The molecule has 1 fully saturated rings. The van der Waals surface area contributed by atoms with Gasteiger partial charge in [0.25, 0.3) is 5.56 Å². The number of aryl methyl sites for hydroxylation is 2. The summed E-state index contributed by atoms with van der Waals surface area (Å²) in [5.41, 5.74) is 3.53. The van der Waals surface area contributed by atoms with Gasteiger partial charge in [0.15, 0.2) is 0 Å². The summed E-state index contributed by atoms with van der Waals surface area (Å²) in [5.74, 6) is 0.894. The Morgan fingerprint density at radius 3 is 2.59 bits per heavy atom. The molecule has 1 aliphatic carbocycles. The summed E-state index contributed by atoms with van der Waals surface area (Å²) in [6, 6.07) is 13.2. The van der Waals surface area contributed by atoms with Crippen molar-refractivity contribution in [2.45, 2.75) is 46.6 Å². The highest BCUT2D eigenvalue weighted by Gasteiger charge is 2.36. The number of carbonyl (C=O) groups is 1. The molecule has 1 amide bonds. The lowest BCUT2D eigenvalue weighted by Crippen LogP contribution is -2.38. The van der Waals surface area contributed by atoms with Gasteiger partial charge >= 0.3 is 0 Å². The van der Waals surface area contributed by atoms with Crippen LogP contribution in [0.25, 0.3) is 16.6 Å². The Morgan fingerprint density at radius 1 is 1.21 bits per heavy atom. The number of hydrogen-bond acceptors (Lipinski definition) is 3. The van der Waals surface area contributed by atoms with Crippen LogP contribution in [0.1, 0.15) is 49.7 Å². The Labute approximate surface area is 171 Å². The van der Waals surface area contributed by atoms with Crippen LogP contribution in [-0.2, 0) is 4.79 Å². The Morgan fingerprint density at radius 2 is 1.93 bits per heavy atom. The van der Waals surface area contributed by atoms with Gasteiger partial charge in [-0.2, -0.15) is 0 Å². The number of aromatic nitrogens is 2. The lowest BCUT2D eigenvalue weighted by Gasteiger charge is -2.30. The summed E-state index contributed by atoms with van der Waals surface area (Å²) in [6.45, 7) is 8.59. The monoisotopic (exact) mass is 389 g/mol. The first-order chi connectivity index (χ1) is 13.9. The summed E-state index contributed by atoms with van der Waals surface area (Å²) < 4.78 is 1.70. The molecule has 1 saturated carbocycles. The molecular weight excluding hydrogens is 362 g/mol. The normalized spacial score (nSPS) is 14.8. The van der Waals surface area contributed by atoms with E-state index in [-0.39, 0.29) is 23.4 Å². The number of fused-ring (bicyclic) bond motifs is 1. The molecule has 4 rings (SSSR count). The fourth-order valence-electron chi connectivity index (χ4n) is 4.04. The fourth-order valence-corrected chi connectivity index (χ4v) is 4.04. The Kier molecular flexibility index (Phi) is 4.99. The average Bonchev–Trinajstić information content (AvgIpc) is 3.54. The third-order valence-corrected chi connectivity index (χ3v) is 5.79. The number of nitrogens with zero attached hydrogens (tertiary/aromatic N) is 3. The van der Waals surface area contributed by atoms with Crippen LogP contribution < -0.4 is 5.56 Å². The minimum atomic E-state index is -0.300. The zero-order valence-corrected chi connectivity index (χ0v) is 17.5. The summed E-state index contributed by atoms with van der Waals surface area (Å²) in [6.07, 6.45) is 1.91. The minimum absolute atomic E-state index is 0.0978. The van der Waals surface area contributed by atoms with Gasteiger partial charge in [0.05, 0.1) is 22.6 Å². The Bertz CT molecular complexity index is 1140. The second-order valence-electron chi connectivity index (χ2n) is 7.99. The predicted molar refractivity (Wildman–Crippen MR) is 115 cm³/mol. The first-order valence-electron chi connectivity index (χ1n) is 10.3. The zero-order chi connectivity index (χ0) is 20.7. The molecule has 5 heteroatoms. The molecule has 1 heterocycles. The van der Waals surface area contributed by atoms with E-state index in [9.17, 15) is 9.59 Å². The summed E-state index contributed by atoms with van der Waals surface area (Å²) in [4.78, 5) is 33.1. The summed E-state index contributed by atoms with van der Waals surface area (Å²) in [7, 11) is 0. The van der Waals surface area contributed by atoms with E-state index in [4.69, 9.17) is 4.98 Å². The SMILES string of the molecule is CCN(C(=O)C1CC1)C(C)c1nc2ccccc2c(=O)n1-c1ccc(C)cc1C. The molecule has 1 atom stereocenters. The molecule has 1 aliphatic rings. The maximum absolute atomic E-state index is 13.5. The topological polar surface area (TPSA) is 55.2 Å². The number of hydrogen-bond donors (Lipinski definition) is 0. The van der Waals surface area contributed by atoms with Crippen LogP contribution in [0, 0.1) is 19.8 Å². The van der Waals surface area contributed by atoms with E-state index in [0.717, 1.165) is 29.7 Å². The van der Waals surface area contributed by atoms with Crippen LogP contribution in [0.15, 0.2) is 47.3 Å². The van der Waals surface area contributed by atoms with E-state index in [1.165, 1.54) is 0 Å². The molecule has 0 saturated heterocycles. The first-order valence-corrected chi connectivity index (χ1v) is 10.3. The van der Waals surface area contributed by atoms with E-state index < -0.39 is 0 Å². The number of rotatable bonds is 5. The van der Waals surface area contributed by atoms with Crippen molar-refractivity contribution in [2.24, 2.45) is 5.92 Å². The van der Waals surface area contributed by atoms with Crippen molar-refractivity contribution >= 4 is 16.8 Å². The smallest absolute Gasteiger partial charge is 0.266 e. The van der Waals surface area contributed by atoms with Crippen molar-refractivity contribution in [2.75, 3.05) is 6.54 Å². The zero-order valence-electron chi connectivity index (χ0n) is 17.5. The summed E-state index contributed by atoms with van der Waals surface area (Å²) >= 11 is 0. The molecular formula is C24H27N3O2. The molecule has 0 aliphatic heterocycles. The first kappa shape index (κ1) is 19.4. The maximum atomic E-state index is 13.5. The van der Waals surface area contributed by atoms with Crippen molar-refractivity contribution in [3.05, 3.63) is 69.8 Å². The molecule has 0 radical (unpaired) electrons. The molecule has 150 valence electrons. The predicted octanol–water partition coefficient (Wildman–Crippen LogP) is 4.32. The third-order valence-electron chi connectivity index (χ3n) is 5.79. The minimum Gasteiger partial charge on any atom is -0.333 e. The number of amides is 1. The van der Waals surface area contributed by atoms with Crippen LogP contribution in [0.5, 0.6) is 0 Å². The molecule has 1 unspecified atom stereocenters. The lowest BCUT2D eigenvalue weighted by molar-refractivity contribution is -0.134. The third kappa shape index (κ3) is 3.46. The molecule has 2 aromatic carbocycles. The van der Waals surface area contributed by atoms with Crippen LogP contribution in [-0.4, -0.2) is 26.9 Å². The quantitative estimate of drug-likeness (QED) is 0.653. The van der Waals surface area contributed by atoms with Crippen molar-refractivity contribution in [3.8, 4) is 5.69 Å². The summed E-state index contributed by atoms with van der Waals surface area (Å²) in [5, 5.41) is 0.583. The van der Waals surface area contributed by atoms with Crippen molar-refractivity contribution in [3.63, 3.8) is 0 Å². The second-order valence-corrected chi connectivity index (χ2v) is 7.99. The number of carbonyl (C=O) groups excluding carboxylic acids is 1. The van der Waals surface area contributed by atoms with Crippen LogP contribution in [0.2, 0.25) is 0 Å². The molecule has 1 aromatic heterocycles. The van der Waals surface area contributed by atoms with Crippen molar-refractivity contribution < 1.29 is 4.79 Å². The van der Waals surface area contributed by atoms with E-state index in [0.29, 0.717) is 23.3 Å². The van der Waals surface area contributed by atoms with Crippen LogP contribution in [0.3, 0.4) is 0 Å². The molecule has 0 bridgehead atoms. The van der Waals surface area contributed by atoms with E-state index in [2.05, 4.69) is 6.07 Å². The van der Waals surface area contributed by atoms with Crippen LogP contribution >= 0.6 is 0 Å². The lowest BCUT2D eigenvalue weighted by atomic mass is 10.1. The van der Waals surface area contributed by atoms with Gasteiger partial charge in [-0.3, -0.25) is 14.2 Å². The number of benzene rings is 2. The highest BCUT2D eigenvalue weighted by Crippen LogP contribution is 2.34. The van der Waals surface area contributed by atoms with Gasteiger partial charge in [0.1, 0.15) is 5.82 Å². The maximum Gasteiger partial charge on any atom is 0.266 e. The van der Waals surface area contributed by atoms with Crippen molar-refractivity contribution in [1.82, 2.24) is 14.5 Å². The van der Waals surface area contributed by atoms with Gasteiger partial charge in [-0.05, 0) is 64.3 Å². The van der Waals surface area contributed by atoms with E-state index in [1.54, 1.807) is 4.57 Å². The fraction of sp³-hybridized carbons (Fsp3) is 0.375. The van der Waals surface area contributed by atoms with Crippen LogP contribution in [0.4, 0.5) is 0 Å². The van der Waals surface area contributed by atoms with Gasteiger partial charge in [0, 0.05) is 12.5 Å². The number of para-hydroxylation sites is 1. The molecule has 0 N–H and O–H groups in total. The van der Waals surface area contributed by atoms with Crippen molar-refractivity contribution in [1.29, 1.82) is 0 Å². The molecule has 5 nitrogen and oxygen atoms in total. The van der Waals surface area contributed by atoms with E-state index in [1.807, 2.05) is 69.0 Å².